The van der Waals surface area contributed by atoms with Crippen LogP contribution in [0, 0.1) is 0 Å². The summed E-state index contributed by atoms with van der Waals surface area (Å²) in [7, 11) is 1.13. The highest BCUT2D eigenvalue weighted by Crippen LogP contribution is 2.37. The lowest BCUT2D eigenvalue weighted by Gasteiger charge is -2.15. The number of rotatable bonds is 10. The first-order valence-corrected chi connectivity index (χ1v) is 10.4. The van der Waals surface area contributed by atoms with Gasteiger partial charge in [0, 0.05) is 6.42 Å². The third kappa shape index (κ3) is 6.78. The molecule has 8 heteroatoms. The smallest absolute Gasteiger partial charge is 0.419 e. The van der Waals surface area contributed by atoms with E-state index >= 15 is 0 Å². The van der Waals surface area contributed by atoms with Gasteiger partial charge in [0.1, 0.15) is 11.5 Å². The summed E-state index contributed by atoms with van der Waals surface area (Å²) >= 11 is 0. The standard InChI is InChI=1S/C26H23F3O5/c1-32-24(25(30)31)17-18-8-13-23(22(16-18)26(27,28)29)34-15-5-14-33-21-11-9-20(10-12-21)19-6-3-2-4-7-19/h2-4,6-13,16-17H,5,14-15H2,1H3,(H,30,31). The molecule has 3 aromatic carbocycles. The summed E-state index contributed by atoms with van der Waals surface area (Å²) in [6.07, 6.45) is -3.29. The van der Waals surface area contributed by atoms with Crippen molar-refractivity contribution >= 4 is 12.0 Å². The summed E-state index contributed by atoms with van der Waals surface area (Å²) in [4.78, 5) is 11.0. The Labute approximate surface area is 195 Å². The van der Waals surface area contributed by atoms with Crippen LogP contribution in [0.15, 0.2) is 78.6 Å². The zero-order valence-electron chi connectivity index (χ0n) is 18.3. The average molecular weight is 472 g/mol. The Morgan fingerprint density at radius 2 is 1.56 bits per heavy atom. The van der Waals surface area contributed by atoms with Crippen molar-refractivity contribution < 1.29 is 37.3 Å². The molecule has 0 saturated heterocycles. The minimum absolute atomic E-state index is 0.0127. The molecule has 3 rings (SSSR count). The number of alkyl halides is 3. The minimum atomic E-state index is -4.67. The van der Waals surface area contributed by atoms with Crippen LogP contribution in [-0.2, 0) is 15.7 Å². The van der Waals surface area contributed by atoms with Gasteiger partial charge in [0.15, 0.2) is 0 Å². The molecule has 0 atom stereocenters. The molecule has 34 heavy (non-hydrogen) atoms. The van der Waals surface area contributed by atoms with E-state index < -0.39 is 23.5 Å². The first kappa shape index (κ1) is 24.7. The normalized spacial score (nSPS) is 11.7. The molecule has 3 aromatic rings. The van der Waals surface area contributed by atoms with Crippen molar-refractivity contribution in [1.29, 1.82) is 0 Å². The van der Waals surface area contributed by atoms with E-state index in [1.807, 2.05) is 54.6 Å². The van der Waals surface area contributed by atoms with Crippen molar-refractivity contribution in [2.45, 2.75) is 12.6 Å². The van der Waals surface area contributed by atoms with Crippen molar-refractivity contribution in [3.63, 3.8) is 0 Å². The number of carbonyl (C=O) groups is 1. The fourth-order valence-corrected chi connectivity index (χ4v) is 3.15. The second-order valence-corrected chi connectivity index (χ2v) is 7.21. The lowest BCUT2D eigenvalue weighted by molar-refractivity contribution is -0.139. The Kier molecular flexibility index (Phi) is 8.19. The topological polar surface area (TPSA) is 65.0 Å². The molecule has 0 spiro atoms. The van der Waals surface area contributed by atoms with E-state index in [9.17, 15) is 18.0 Å². The van der Waals surface area contributed by atoms with Crippen LogP contribution in [0.5, 0.6) is 11.5 Å². The Hall–Kier alpha value is -3.94. The molecule has 0 saturated carbocycles. The molecule has 0 radical (unpaired) electrons. The molecule has 0 aliphatic carbocycles. The summed E-state index contributed by atoms with van der Waals surface area (Å²) in [5.41, 5.74) is 1.17. The number of carboxylic acid groups (broad SMARTS) is 1. The molecule has 0 unspecified atom stereocenters. The maximum Gasteiger partial charge on any atom is 0.419 e. The van der Waals surface area contributed by atoms with E-state index in [1.165, 1.54) is 6.07 Å². The summed E-state index contributed by atoms with van der Waals surface area (Å²) in [5.74, 6) is -1.55. The number of methoxy groups -OCH3 is 1. The highest BCUT2D eigenvalue weighted by Gasteiger charge is 2.34. The van der Waals surface area contributed by atoms with E-state index in [1.54, 1.807) is 0 Å². The van der Waals surface area contributed by atoms with Gasteiger partial charge in [-0.05, 0) is 47.0 Å². The van der Waals surface area contributed by atoms with Gasteiger partial charge in [-0.15, -0.1) is 0 Å². The lowest BCUT2D eigenvalue weighted by Crippen LogP contribution is -2.11. The fraction of sp³-hybridized carbons (Fsp3) is 0.192. The predicted octanol–water partition coefficient (Wildman–Crippen LogP) is 6.29. The van der Waals surface area contributed by atoms with E-state index in [0.717, 1.165) is 36.4 Å². The molecular formula is C26H23F3O5. The van der Waals surface area contributed by atoms with Crippen LogP contribution >= 0.6 is 0 Å². The largest absolute Gasteiger partial charge is 0.493 e. The Balaban J connectivity index is 1.56. The summed E-state index contributed by atoms with van der Waals surface area (Å²) in [6.45, 7) is 0.279. The van der Waals surface area contributed by atoms with Gasteiger partial charge in [0.25, 0.3) is 0 Å². The predicted molar refractivity (Wildman–Crippen MR) is 122 cm³/mol. The Morgan fingerprint density at radius 3 is 2.18 bits per heavy atom. The Morgan fingerprint density at radius 1 is 0.912 bits per heavy atom. The molecule has 1 N–H and O–H groups in total. The quantitative estimate of drug-likeness (QED) is 0.213. The van der Waals surface area contributed by atoms with Crippen LogP contribution < -0.4 is 9.47 Å². The Bertz CT molecular complexity index is 1120. The van der Waals surface area contributed by atoms with E-state index in [4.69, 9.17) is 14.6 Å². The first-order valence-electron chi connectivity index (χ1n) is 10.4. The molecule has 0 heterocycles. The fourth-order valence-electron chi connectivity index (χ4n) is 3.15. The second kappa shape index (κ2) is 11.3. The molecule has 0 bridgehead atoms. The van der Waals surface area contributed by atoms with Gasteiger partial charge in [-0.25, -0.2) is 4.79 Å². The zero-order valence-corrected chi connectivity index (χ0v) is 18.3. The third-order valence-electron chi connectivity index (χ3n) is 4.81. The lowest BCUT2D eigenvalue weighted by atomic mass is 10.1. The summed E-state index contributed by atoms with van der Waals surface area (Å²) < 4.78 is 56.1. The van der Waals surface area contributed by atoms with Crippen LogP contribution in [0.3, 0.4) is 0 Å². The van der Waals surface area contributed by atoms with Gasteiger partial charge in [0.2, 0.25) is 5.76 Å². The number of aliphatic carboxylic acids is 1. The zero-order chi connectivity index (χ0) is 24.6. The number of hydrogen-bond acceptors (Lipinski definition) is 4. The molecule has 0 amide bonds. The van der Waals surface area contributed by atoms with Gasteiger partial charge < -0.3 is 19.3 Å². The average Bonchev–Trinajstić information content (AvgIpc) is 2.83. The van der Waals surface area contributed by atoms with Gasteiger partial charge in [0.05, 0.1) is 25.9 Å². The van der Waals surface area contributed by atoms with Gasteiger partial charge in [-0.2, -0.15) is 13.2 Å². The molecule has 0 aliphatic heterocycles. The molecule has 0 aliphatic rings. The van der Waals surface area contributed by atoms with Crippen LogP contribution in [0.25, 0.3) is 17.2 Å². The number of ether oxygens (including phenoxy) is 3. The number of carboxylic acids is 1. The van der Waals surface area contributed by atoms with Crippen LogP contribution in [0.4, 0.5) is 13.2 Å². The van der Waals surface area contributed by atoms with Gasteiger partial charge in [-0.1, -0.05) is 48.5 Å². The van der Waals surface area contributed by atoms with E-state index in [0.29, 0.717) is 12.2 Å². The van der Waals surface area contributed by atoms with Crippen LogP contribution in [0.2, 0.25) is 0 Å². The highest BCUT2D eigenvalue weighted by molar-refractivity contribution is 5.89. The summed E-state index contributed by atoms with van der Waals surface area (Å²) in [5, 5.41) is 8.98. The second-order valence-electron chi connectivity index (χ2n) is 7.21. The van der Waals surface area contributed by atoms with Crippen molar-refractivity contribution in [3.8, 4) is 22.6 Å². The highest BCUT2D eigenvalue weighted by atomic mass is 19.4. The first-order chi connectivity index (χ1) is 16.3. The molecule has 178 valence electrons. The number of hydrogen-bond donors (Lipinski definition) is 1. The van der Waals surface area contributed by atoms with Crippen molar-refractivity contribution in [2.24, 2.45) is 0 Å². The van der Waals surface area contributed by atoms with Crippen LogP contribution in [-0.4, -0.2) is 31.4 Å². The SMILES string of the molecule is COC(=Cc1ccc(OCCCOc2ccc(-c3ccccc3)cc2)c(C(F)(F)F)c1)C(=O)O. The molecular weight excluding hydrogens is 449 g/mol. The van der Waals surface area contributed by atoms with Crippen molar-refractivity contribution in [3.05, 3.63) is 89.7 Å². The van der Waals surface area contributed by atoms with Crippen molar-refractivity contribution in [1.82, 2.24) is 0 Å². The van der Waals surface area contributed by atoms with Crippen LogP contribution in [0.1, 0.15) is 17.5 Å². The van der Waals surface area contributed by atoms with Gasteiger partial charge >= 0.3 is 12.1 Å². The maximum atomic E-state index is 13.5. The molecule has 5 nitrogen and oxygen atoms in total. The third-order valence-corrected chi connectivity index (χ3v) is 4.81. The number of halogens is 3. The monoisotopic (exact) mass is 472 g/mol. The molecule has 0 fully saturated rings. The maximum absolute atomic E-state index is 13.5. The molecule has 0 aromatic heterocycles. The summed E-state index contributed by atoms with van der Waals surface area (Å²) in [6, 6.07) is 20.7. The van der Waals surface area contributed by atoms with E-state index in [-0.39, 0.29) is 24.5 Å². The number of benzene rings is 3. The van der Waals surface area contributed by atoms with Gasteiger partial charge in [-0.3, -0.25) is 0 Å². The van der Waals surface area contributed by atoms with E-state index in [2.05, 4.69) is 4.74 Å². The minimum Gasteiger partial charge on any atom is -0.493 e. The van der Waals surface area contributed by atoms with Crippen molar-refractivity contribution in [2.75, 3.05) is 20.3 Å².